The number of aryl methyl sites for hydroxylation is 1. The Morgan fingerprint density at radius 3 is 2.80 bits per heavy atom. The fourth-order valence-corrected chi connectivity index (χ4v) is 2.28. The second-order valence-corrected chi connectivity index (χ2v) is 5.22. The molecule has 0 saturated heterocycles. The molecule has 1 amide bonds. The minimum atomic E-state index is -0.729. The van der Waals surface area contributed by atoms with E-state index in [2.05, 4.69) is 4.98 Å². The van der Waals surface area contributed by atoms with E-state index in [9.17, 15) is 13.6 Å². The van der Waals surface area contributed by atoms with E-state index in [-0.39, 0.29) is 11.9 Å². The molecular formula is C13H14ClF2N3O. The number of fused-ring (bicyclic) bond motifs is 1. The van der Waals surface area contributed by atoms with Crippen molar-refractivity contribution in [3.63, 3.8) is 0 Å². The molecule has 0 aliphatic rings. The molecule has 4 nitrogen and oxygen atoms in total. The van der Waals surface area contributed by atoms with Crippen molar-refractivity contribution in [2.45, 2.75) is 31.7 Å². The van der Waals surface area contributed by atoms with Gasteiger partial charge in [-0.15, -0.1) is 11.6 Å². The lowest BCUT2D eigenvalue weighted by Crippen LogP contribution is -2.12. The van der Waals surface area contributed by atoms with Gasteiger partial charge in [-0.05, 0) is 19.4 Å². The van der Waals surface area contributed by atoms with Crippen LogP contribution in [0.25, 0.3) is 11.0 Å². The number of rotatable bonds is 5. The fourth-order valence-electron chi connectivity index (χ4n) is 2.12. The van der Waals surface area contributed by atoms with Gasteiger partial charge in [0.1, 0.15) is 17.2 Å². The molecule has 7 heteroatoms. The third-order valence-corrected chi connectivity index (χ3v) is 3.16. The molecular weight excluding hydrogens is 288 g/mol. The van der Waals surface area contributed by atoms with E-state index in [0.29, 0.717) is 24.3 Å². The summed E-state index contributed by atoms with van der Waals surface area (Å²) < 4.78 is 28.7. The van der Waals surface area contributed by atoms with Crippen LogP contribution in [-0.2, 0) is 11.3 Å². The lowest BCUT2D eigenvalue weighted by atomic mass is 10.2. The Morgan fingerprint density at radius 1 is 1.50 bits per heavy atom. The fraction of sp³-hybridized carbons (Fsp3) is 0.385. The van der Waals surface area contributed by atoms with Crippen LogP contribution in [-0.4, -0.2) is 15.5 Å². The van der Waals surface area contributed by atoms with Gasteiger partial charge in [0.2, 0.25) is 5.91 Å². The first-order valence-corrected chi connectivity index (χ1v) is 6.61. The van der Waals surface area contributed by atoms with Crippen LogP contribution >= 0.6 is 11.6 Å². The molecule has 1 aromatic heterocycles. The van der Waals surface area contributed by atoms with E-state index in [1.807, 2.05) is 0 Å². The number of hydrogen-bond acceptors (Lipinski definition) is 2. The predicted octanol–water partition coefficient (Wildman–Crippen LogP) is 2.88. The Labute approximate surface area is 119 Å². The van der Waals surface area contributed by atoms with Gasteiger partial charge >= 0.3 is 0 Å². The second-order valence-electron chi connectivity index (χ2n) is 4.56. The van der Waals surface area contributed by atoms with Crippen molar-refractivity contribution in [3.8, 4) is 0 Å². The van der Waals surface area contributed by atoms with Crippen molar-refractivity contribution < 1.29 is 13.6 Å². The Kier molecular flexibility index (Phi) is 4.23. The van der Waals surface area contributed by atoms with E-state index in [1.54, 1.807) is 11.5 Å². The lowest BCUT2D eigenvalue weighted by Gasteiger charge is -2.09. The summed E-state index contributed by atoms with van der Waals surface area (Å²) >= 11 is 6.02. The molecule has 2 rings (SSSR count). The van der Waals surface area contributed by atoms with Crippen LogP contribution in [0, 0.1) is 11.6 Å². The minimum Gasteiger partial charge on any atom is -0.370 e. The molecule has 1 unspecified atom stereocenters. The van der Waals surface area contributed by atoms with E-state index < -0.39 is 22.9 Å². The molecule has 20 heavy (non-hydrogen) atoms. The highest BCUT2D eigenvalue weighted by Crippen LogP contribution is 2.27. The van der Waals surface area contributed by atoms with Gasteiger partial charge in [0, 0.05) is 19.0 Å². The molecule has 0 spiro atoms. The second kappa shape index (κ2) is 5.75. The molecule has 0 saturated carbocycles. The zero-order valence-electron chi connectivity index (χ0n) is 10.9. The Hall–Kier alpha value is -1.69. The first-order valence-electron chi connectivity index (χ1n) is 6.17. The number of nitrogens with zero attached hydrogens (tertiary/aromatic N) is 2. The normalized spacial score (nSPS) is 12.8. The number of carbonyl (C=O) groups is 1. The van der Waals surface area contributed by atoms with Crippen LogP contribution in [0.4, 0.5) is 8.78 Å². The summed E-state index contributed by atoms with van der Waals surface area (Å²) in [5, 5.41) is -0.460. The Bertz CT molecular complexity index is 655. The lowest BCUT2D eigenvalue weighted by molar-refractivity contribution is -0.118. The van der Waals surface area contributed by atoms with Crippen LogP contribution in [0.5, 0.6) is 0 Å². The quantitative estimate of drug-likeness (QED) is 0.863. The third-order valence-electron chi connectivity index (χ3n) is 2.96. The zero-order chi connectivity index (χ0) is 14.9. The van der Waals surface area contributed by atoms with Crippen molar-refractivity contribution in [1.82, 2.24) is 9.55 Å². The number of benzene rings is 1. The van der Waals surface area contributed by atoms with E-state index >= 15 is 0 Å². The van der Waals surface area contributed by atoms with Gasteiger partial charge in [-0.25, -0.2) is 13.8 Å². The molecule has 2 N–H and O–H groups in total. The first-order chi connectivity index (χ1) is 9.40. The topological polar surface area (TPSA) is 60.9 Å². The van der Waals surface area contributed by atoms with Crippen LogP contribution in [0.15, 0.2) is 12.1 Å². The van der Waals surface area contributed by atoms with Gasteiger partial charge in [0.15, 0.2) is 5.82 Å². The third kappa shape index (κ3) is 2.90. The van der Waals surface area contributed by atoms with Gasteiger partial charge in [-0.3, -0.25) is 4.79 Å². The molecule has 108 valence electrons. The smallest absolute Gasteiger partial charge is 0.217 e. The largest absolute Gasteiger partial charge is 0.370 e. The van der Waals surface area contributed by atoms with Gasteiger partial charge in [-0.2, -0.15) is 0 Å². The molecule has 0 bridgehead atoms. The van der Waals surface area contributed by atoms with Crippen LogP contribution < -0.4 is 5.73 Å². The number of alkyl halides is 1. The zero-order valence-corrected chi connectivity index (χ0v) is 11.6. The summed E-state index contributed by atoms with van der Waals surface area (Å²) in [6, 6.07) is 1.99. The Balaban J connectivity index is 2.47. The number of carbonyl (C=O) groups excluding carboxylic acids is 1. The summed E-state index contributed by atoms with van der Waals surface area (Å²) in [6.07, 6.45) is 0.642. The summed E-state index contributed by atoms with van der Waals surface area (Å²) in [6.45, 7) is 2.07. The number of nitrogens with two attached hydrogens (primary N) is 1. The molecule has 1 atom stereocenters. The van der Waals surface area contributed by atoms with Crippen molar-refractivity contribution in [2.75, 3.05) is 0 Å². The molecule has 0 radical (unpaired) electrons. The number of primary amides is 1. The van der Waals surface area contributed by atoms with Gasteiger partial charge in [-0.1, -0.05) is 0 Å². The maximum absolute atomic E-state index is 13.7. The highest BCUT2D eigenvalue weighted by Gasteiger charge is 2.18. The first kappa shape index (κ1) is 14.7. The molecule has 1 aromatic carbocycles. The average Bonchev–Trinajstić information content (AvgIpc) is 2.68. The van der Waals surface area contributed by atoms with Crippen LogP contribution in [0.3, 0.4) is 0 Å². The number of hydrogen-bond donors (Lipinski definition) is 1. The SMILES string of the molecule is CC(Cl)c1nc2c(F)cc(F)cc2n1CCCC(N)=O. The van der Waals surface area contributed by atoms with Gasteiger partial charge in [0.05, 0.1) is 10.9 Å². The monoisotopic (exact) mass is 301 g/mol. The maximum Gasteiger partial charge on any atom is 0.217 e. The van der Waals surface area contributed by atoms with Crippen molar-refractivity contribution in [1.29, 1.82) is 0 Å². The Morgan fingerprint density at radius 2 is 2.20 bits per heavy atom. The molecule has 0 aliphatic heterocycles. The molecule has 2 aromatic rings. The van der Waals surface area contributed by atoms with E-state index in [4.69, 9.17) is 17.3 Å². The standard InChI is InChI=1S/C13H14ClF2N3O/c1-7(14)13-18-12-9(16)5-8(15)6-10(12)19(13)4-2-3-11(17)20/h5-7H,2-4H2,1H3,(H2,17,20). The number of aromatic nitrogens is 2. The number of amides is 1. The summed E-state index contributed by atoms with van der Waals surface area (Å²) in [7, 11) is 0. The number of imidazole rings is 1. The molecule has 0 fully saturated rings. The summed E-state index contributed by atoms with van der Waals surface area (Å²) in [5.41, 5.74) is 5.49. The molecule has 1 heterocycles. The highest BCUT2D eigenvalue weighted by molar-refractivity contribution is 6.20. The van der Waals surface area contributed by atoms with Crippen molar-refractivity contribution in [2.24, 2.45) is 5.73 Å². The van der Waals surface area contributed by atoms with Crippen molar-refractivity contribution >= 4 is 28.5 Å². The van der Waals surface area contributed by atoms with E-state index in [0.717, 1.165) is 6.07 Å². The van der Waals surface area contributed by atoms with Crippen molar-refractivity contribution in [3.05, 3.63) is 29.6 Å². The summed E-state index contributed by atoms with van der Waals surface area (Å²) in [5.74, 6) is -1.39. The number of halogens is 3. The van der Waals surface area contributed by atoms with Crippen LogP contribution in [0.2, 0.25) is 0 Å². The van der Waals surface area contributed by atoms with Gasteiger partial charge in [0.25, 0.3) is 0 Å². The average molecular weight is 302 g/mol. The van der Waals surface area contributed by atoms with Crippen LogP contribution in [0.1, 0.15) is 31.0 Å². The summed E-state index contributed by atoms with van der Waals surface area (Å²) in [4.78, 5) is 14.9. The van der Waals surface area contributed by atoms with E-state index in [1.165, 1.54) is 6.07 Å². The van der Waals surface area contributed by atoms with Gasteiger partial charge < -0.3 is 10.3 Å². The maximum atomic E-state index is 13.7. The minimum absolute atomic E-state index is 0.0768. The highest BCUT2D eigenvalue weighted by atomic mass is 35.5. The predicted molar refractivity (Wildman–Crippen MR) is 72.3 cm³/mol. The molecule has 0 aliphatic carbocycles.